The number of rotatable bonds is 5. The molecule has 3 aromatic rings. The van der Waals surface area contributed by atoms with E-state index in [0.29, 0.717) is 22.1 Å². The van der Waals surface area contributed by atoms with E-state index in [-0.39, 0.29) is 11.3 Å². The van der Waals surface area contributed by atoms with Gasteiger partial charge in [0.2, 0.25) is 0 Å². The van der Waals surface area contributed by atoms with Crippen LogP contribution in [0.2, 0.25) is 5.02 Å². The Morgan fingerprint density at radius 2 is 1.85 bits per heavy atom. The zero-order chi connectivity index (χ0) is 19.4. The number of aromatic nitrogens is 1. The Balaban J connectivity index is 1.80. The van der Waals surface area contributed by atoms with Crippen LogP contribution in [0.4, 0.5) is 25.8 Å². The Morgan fingerprint density at radius 3 is 2.59 bits per heavy atom. The molecule has 1 heterocycles. The van der Waals surface area contributed by atoms with E-state index in [0.717, 1.165) is 12.1 Å². The Labute approximate surface area is 159 Å². The first kappa shape index (κ1) is 18.6. The van der Waals surface area contributed by atoms with Gasteiger partial charge in [-0.1, -0.05) is 11.6 Å². The zero-order valence-corrected chi connectivity index (χ0v) is 14.8. The maximum Gasteiger partial charge on any atom is 0.257 e. The van der Waals surface area contributed by atoms with Gasteiger partial charge in [-0.15, -0.1) is 0 Å². The summed E-state index contributed by atoms with van der Waals surface area (Å²) in [4.78, 5) is 16.4. The lowest BCUT2D eigenvalue weighted by atomic mass is 10.2. The van der Waals surface area contributed by atoms with Crippen LogP contribution in [0.15, 0.2) is 54.9 Å². The predicted octanol–water partition coefficient (Wildman–Crippen LogP) is 5.02. The van der Waals surface area contributed by atoms with Crippen LogP contribution in [0, 0.1) is 11.6 Å². The van der Waals surface area contributed by atoms with Gasteiger partial charge in [-0.2, -0.15) is 0 Å². The molecule has 27 heavy (non-hydrogen) atoms. The van der Waals surface area contributed by atoms with Crippen molar-refractivity contribution in [2.75, 3.05) is 17.7 Å². The number of anilines is 3. The van der Waals surface area contributed by atoms with Gasteiger partial charge in [-0.05, 0) is 36.4 Å². The number of benzene rings is 2. The molecule has 0 unspecified atom stereocenters. The molecule has 0 aliphatic carbocycles. The van der Waals surface area contributed by atoms with Crippen molar-refractivity contribution in [3.8, 4) is 5.75 Å². The normalized spacial score (nSPS) is 10.4. The molecule has 2 aromatic carbocycles. The average molecular weight is 390 g/mol. The molecule has 0 aliphatic rings. The summed E-state index contributed by atoms with van der Waals surface area (Å²) in [7, 11) is 1.53. The van der Waals surface area contributed by atoms with Crippen LogP contribution in [0.1, 0.15) is 10.4 Å². The van der Waals surface area contributed by atoms with Crippen LogP contribution in [0.5, 0.6) is 5.75 Å². The van der Waals surface area contributed by atoms with Crippen molar-refractivity contribution in [1.29, 1.82) is 0 Å². The fourth-order valence-electron chi connectivity index (χ4n) is 2.34. The summed E-state index contributed by atoms with van der Waals surface area (Å²) in [5.41, 5.74) is 1.48. The fourth-order valence-corrected chi connectivity index (χ4v) is 2.52. The van der Waals surface area contributed by atoms with Crippen molar-refractivity contribution in [2.45, 2.75) is 0 Å². The lowest BCUT2D eigenvalue weighted by molar-refractivity contribution is 0.102. The number of hydrogen-bond acceptors (Lipinski definition) is 4. The van der Waals surface area contributed by atoms with Gasteiger partial charge in [-0.25, -0.2) is 8.78 Å². The SMILES string of the molecule is COc1ccc(Cl)cc1Nc1cncc(C(=O)Nc2ccc(F)c(F)c2)c1. The number of amides is 1. The van der Waals surface area contributed by atoms with E-state index in [4.69, 9.17) is 16.3 Å². The molecular weight excluding hydrogens is 376 g/mol. The second-order valence-electron chi connectivity index (χ2n) is 5.51. The Morgan fingerprint density at radius 1 is 1.04 bits per heavy atom. The topological polar surface area (TPSA) is 63.2 Å². The molecule has 0 atom stereocenters. The smallest absolute Gasteiger partial charge is 0.257 e. The van der Waals surface area contributed by atoms with E-state index in [9.17, 15) is 13.6 Å². The Kier molecular flexibility index (Phi) is 5.52. The lowest BCUT2D eigenvalue weighted by Crippen LogP contribution is -2.13. The number of nitrogens with zero attached hydrogens (tertiary/aromatic N) is 1. The van der Waals surface area contributed by atoms with Crippen molar-refractivity contribution in [1.82, 2.24) is 4.98 Å². The molecule has 0 spiro atoms. The molecule has 0 bridgehead atoms. The molecule has 3 rings (SSSR count). The molecule has 0 saturated carbocycles. The number of halogens is 3. The Bertz CT molecular complexity index is 998. The molecule has 0 saturated heterocycles. The van der Waals surface area contributed by atoms with Gasteiger partial charge in [0.05, 0.1) is 30.2 Å². The molecule has 2 N–H and O–H groups in total. The minimum atomic E-state index is -1.05. The number of hydrogen-bond donors (Lipinski definition) is 2. The highest BCUT2D eigenvalue weighted by Crippen LogP contribution is 2.30. The zero-order valence-electron chi connectivity index (χ0n) is 14.1. The molecule has 0 aliphatic heterocycles. The highest BCUT2D eigenvalue weighted by molar-refractivity contribution is 6.31. The van der Waals surface area contributed by atoms with Gasteiger partial charge in [-0.3, -0.25) is 9.78 Å². The van der Waals surface area contributed by atoms with Crippen LogP contribution in [0.25, 0.3) is 0 Å². The van der Waals surface area contributed by atoms with Crippen molar-refractivity contribution in [2.24, 2.45) is 0 Å². The van der Waals surface area contributed by atoms with Crippen LogP contribution >= 0.6 is 11.6 Å². The summed E-state index contributed by atoms with van der Waals surface area (Å²) in [5.74, 6) is -1.99. The molecule has 138 valence electrons. The summed E-state index contributed by atoms with van der Waals surface area (Å²) in [6.45, 7) is 0. The van der Waals surface area contributed by atoms with Gasteiger partial charge in [0, 0.05) is 23.0 Å². The summed E-state index contributed by atoms with van der Waals surface area (Å²) in [5, 5.41) is 6.08. The maximum atomic E-state index is 13.3. The summed E-state index contributed by atoms with van der Waals surface area (Å²) in [6.07, 6.45) is 2.88. The second-order valence-corrected chi connectivity index (χ2v) is 5.95. The van der Waals surface area contributed by atoms with Crippen molar-refractivity contribution in [3.63, 3.8) is 0 Å². The largest absolute Gasteiger partial charge is 0.495 e. The summed E-state index contributed by atoms with van der Waals surface area (Å²) in [6, 6.07) is 9.74. The highest BCUT2D eigenvalue weighted by atomic mass is 35.5. The van der Waals surface area contributed by atoms with E-state index in [1.165, 1.54) is 25.6 Å². The monoisotopic (exact) mass is 389 g/mol. The van der Waals surface area contributed by atoms with Crippen LogP contribution in [-0.4, -0.2) is 18.0 Å². The first-order valence-electron chi connectivity index (χ1n) is 7.78. The number of pyridine rings is 1. The van der Waals surface area contributed by atoms with E-state index in [1.54, 1.807) is 24.3 Å². The summed E-state index contributed by atoms with van der Waals surface area (Å²) >= 11 is 6.00. The third-order valence-corrected chi connectivity index (χ3v) is 3.85. The van der Waals surface area contributed by atoms with Gasteiger partial charge in [0.1, 0.15) is 5.75 Å². The van der Waals surface area contributed by atoms with Crippen molar-refractivity contribution < 1.29 is 18.3 Å². The minimum absolute atomic E-state index is 0.133. The molecule has 1 aromatic heterocycles. The van der Waals surface area contributed by atoms with Crippen LogP contribution < -0.4 is 15.4 Å². The van der Waals surface area contributed by atoms with Gasteiger partial charge >= 0.3 is 0 Å². The third kappa shape index (κ3) is 4.51. The number of carbonyl (C=O) groups is 1. The lowest BCUT2D eigenvalue weighted by Gasteiger charge is -2.12. The van der Waals surface area contributed by atoms with E-state index in [2.05, 4.69) is 15.6 Å². The van der Waals surface area contributed by atoms with E-state index in [1.807, 2.05) is 0 Å². The van der Waals surface area contributed by atoms with Gasteiger partial charge in [0.25, 0.3) is 5.91 Å². The first-order valence-corrected chi connectivity index (χ1v) is 8.16. The quantitative estimate of drug-likeness (QED) is 0.643. The number of carbonyl (C=O) groups excluding carboxylic acids is 1. The van der Waals surface area contributed by atoms with E-state index < -0.39 is 17.5 Å². The van der Waals surface area contributed by atoms with Crippen LogP contribution in [0.3, 0.4) is 0 Å². The number of ether oxygens (including phenoxy) is 1. The third-order valence-electron chi connectivity index (χ3n) is 3.62. The van der Waals surface area contributed by atoms with Crippen molar-refractivity contribution in [3.05, 3.63) is 77.1 Å². The fraction of sp³-hybridized carbons (Fsp3) is 0.0526. The molecule has 0 fully saturated rings. The summed E-state index contributed by atoms with van der Waals surface area (Å²) < 4.78 is 31.5. The standard InChI is InChI=1S/C19H14ClF2N3O2/c1-27-18-5-2-12(20)7-17(18)24-14-6-11(9-23-10-14)19(26)25-13-3-4-15(21)16(22)8-13/h2-10,24H,1H3,(H,25,26). The number of methoxy groups -OCH3 is 1. The maximum absolute atomic E-state index is 13.3. The highest BCUT2D eigenvalue weighted by Gasteiger charge is 2.11. The Hall–Kier alpha value is -3.19. The van der Waals surface area contributed by atoms with Crippen LogP contribution in [-0.2, 0) is 0 Å². The molecule has 0 radical (unpaired) electrons. The first-order chi connectivity index (χ1) is 13.0. The predicted molar refractivity (Wildman–Crippen MR) is 99.8 cm³/mol. The molecular formula is C19H14ClF2N3O2. The van der Waals surface area contributed by atoms with Gasteiger partial charge < -0.3 is 15.4 Å². The molecule has 1 amide bonds. The second kappa shape index (κ2) is 8.01. The minimum Gasteiger partial charge on any atom is -0.495 e. The molecule has 5 nitrogen and oxygen atoms in total. The van der Waals surface area contributed by atoms with Crippen molar-refractivity contribution >= 4 is 34.6 Å². The number of nitrogens with one attached hydrogen (secondary N) is 2. The average Bonchev–Trinajstić information content (AvgIpc) is 2.65. The van der Waals surface area contributed by atoms with E-state index >= 15 is 0 Å². The van der Waals surface area contributed by atoms with Gasteiger partial charge in [0.15, 0.2) is 11.6 Å². The molecule has 8 heteroatoms.